The first kappa shape index (κ1) is 16.5. The number of anilines is 1. The molecule has 0 saturated carbocycles. The molecule has 1 aromatic carbocycles. The summed E-state index contributed by atoms with van der Waals surface area (Å²) in [5.41, 5.74) is 2.59. The summed E-state index contributed by atoms with van der Waals surface area (Å²) in [4.78, 5) is 13.8. The van der Waals surface area contributed by atoms with Gasteiger partial charge < -0.3 is 14.1 Å². The predicted octanol–water partition coefficient (Wildman–Crippen LogP) is 1.58. The first-order valence-corrected chi connectivity index (χ1v) is 8.92. The van der Waals surface area contributed by atoms with Gasteiger partial charge in [-0.25, -0.2) is 18.4 Å². The number of aryl methyl sites for hydroxylation is 1. The molecule has 0 atom stereocenters. The Morgan fingerprint density at radius 3 is 2.79 bits per heavy atom. The van der Waals surface area contributed by atoms with E-state index >= 15 is 0 Å². The molecule has 0 fully saturated rings. The molecular formula is C16H18N2O5S. The number of fused-ring (bicyclic) bond motifs is 1. The summed E-state index contributed by atoms with van der Waals surface area (Å²) < 4.78 is 33.2. The zero-order valence-electron chi connectivity index (χ0n) is 13.4. The van der Waals surface area contributed by atoms with Crippen LogP contribution in [0.3, 0.4) is 0 Å². The van der Waals surface area contributed by atoms with Crippen LogP contribution in [0.2, 0.25) is 0 Å². The summed E-state index contributed by atoms with van der Waals surface area (Å²) in [5.74, 6) is 0.353. The molecule has 7 nitrogen and oxygen atoms in total. The molecule has 2 heterocycles. The number of carbonyl (C=O) groups is 1. The van der Waals surface area contributed by atoms with Gasteiger partial charge in [-0.3, -0.25) is 0 Å². The Morgan fingerprint density at radius 2 is 2.12 bits per heavy atom. The predicted molar refractivity (Wildman–Crippen MR) is 87.4 cm³/mol. The van der Waals surface area contributed by atoms with Crippen LogP contribution in [0.1, 0.15) is 27.4 Å². The van der Waals surface area contributed by atoms with Crippen molar-refractivity contribution in [1.29, 1.82) is 0 Å². The van der Waals surface area contributed by atoms with Gasteiger partial charge in [0.2, 0.25) is 15.8 Å². The summed E-state index contributed by atoms with van der Waals surface area (Å²) in [6.07, 6.45) is 0.724. The Hall–Kier alpha value is -2.32. The third kappa shape index (κ3) is 3.02. The number of methoxy groups -OCH3 is 1. The molecule has 24 heavy (non-hydrogen) atoms. The SMILES string of the molecule is COC(=O)c1oc(CN2CCc3cc(S(N)(=O)=O)ccc32)cc1C. The number of nitrogens with zero attached hydrogens (tertiary/aromatic N) is 1. The quantitative estimate of drug-likeness (QED) is 0.840. The fraction of sp³-hybridized carbons (Fsp3) is 0.312. The van der Waals surface area contributed by atoms with Crippen molar-refractivity contribution in [3.63, 3.8) is 0 Å². The van der Waals surface area contributed by atoms with Gasteiger partial charge in [0.15, 0.2) is 0 Å². The van der Waals surface area contributed by atoms with E-state index in [1.807, 2.05) is 6.07 Å². The number of carbonyl (C=O) groups excluding carboxylic acids is 1. The average molecular weight is 350 g/mol. The minimum atomic E-state index is -3.70. The van der Waals surface area contributed by atoms with Crippen molar-refractivity contribution < 1.29 is 22.4 Å². The second-order valence-electron chi connectivity index (χ2n) is 5.72. The summed E-state index contributed by atoms with van der Waals surface area (Å²) in [7, 11) is -2.39. The van der Waals surface area contributed by atoms with E-state index in [1.54, 1.807) is 19.1 Å². The van der Waals surface area contributed by atoms with Crippen molar-refractivity contribution in [3.8, 4) is 0 Å². The molecule has 1 aliphatic heterocycles. The van der Waals surface area contributed by atoms with Crippen LogP contribution in [0.15, 0.2) is 33.6 Å². The van der Waals surface area contributed by atoms with Gasteiger partial charge in [0.1, 0.15) is 5.76 Å². The van der Waals surface area contributed by atoms with Crippen LogP contribution < -0.4 is 10.0 Å². The van der Waals surface area contributed by atoms with Crippen LogP contribution in [0, 0.1) is 6.92 Å². The van der Waals surface area contributed by atoms with Crippen LogP contribution in [0.4, 0.5) is 5.69 Å². The lowest BCUT2D eigenvalue weighted by atomic mass is 10.2. The maximum Gasteiger partial charge on any atom is 0.374 e. The van der Waals surface area contributed by atoms with Crippen molar-refractivity contribution in [1.82, 2.24) is 0 Å². The smallest absolute Gasteiger partial charge is 0.374 e. The number of furan rings is 1. The highest BCUT2D eigenvalue weighted by Gasteiger charge is 2.24. The van der Waals surface area contributed by atoms with Crippen LogP contribution in [0.5, 0.6) is 0 Å². The van der Waals surface area contributed by atoms with Gasteiger partial charge in [0.25, 0.3) is 0 Å². The monoisotopic (exact) mass is 350 g/mol. The van der Waals surface area contributed by atoms with E-state index in [4.69, 9.17) is 9.56 Å². The number of sulfonamides is 1. The van der Waals surface area contributed by atoms with Crippen molar-refractivity contribution in [2.45, 2.75) is 24.8 Å². The Morgan fingerprint density at radius 1 is 1.38 bits per heavy atom. The number of primary sulfonamides is 1. The minimum Gasteiger partial charge on any atom is -0.463 e. The maximum absolute atomic E-state index is 11.6. The number of esters is 1. The summed E-state index contributed by atoms with van der Waals surface area (Å²) in [6, 6.07) is 6.67. The van der Waals surface area contributed by atoms with Gasteiger partial charge in [-0.15, -0.1) is 0 Å². The first-order valence-electron chi connectivity index (χ1n) is 7.38. The molecule has 128 valence electrons. The molecule has 0 unspecified atom stereocenters. The zero-order valence-corrected chi connectivity index (χ0v) is 14.2. The van der Waals surface area contributed by atoms with Gasteiger partial charge in [0.05, 0.1) is 18.6 Å². The molecular weight excluding hydrogens is 332 g/mol. The van der Waals surface area contributed by atoms with Crippen LogP contribution >= 0.6 is 0 Å². The van der Waals surface area contributed by atoms with E-state index in [0.717, 1.165) is 29.8 Å². The second kappa shape index (κ2) is 5.95. The molecule has 0 amide bonds. The number of rotatable bonds is 4. The second-order valence-corrected chi connectivity index (χ2v) is 7.28. The van der Waals surface area contributed by atoms with Crippen molar-refractivity contribution in [2.75, 3.05) is 18.6 Å². The standard InChI is InChI=1S/C16H18N2O5S/c1-10-7-12(23-15(10)16(19)22-2)9-18-6-5-11-8-13(24(17,20)21)3-4-14(11)18/h3-4,7-8H,5-6,9H2,1-2H3,(H2,17,20,21). The largest absolute Gasteiger partial charge is 0.463 e. The molecule has 2 N–H and O–H groups in total. The number of ether oxygens (including phenoxy) is 1. The van der Waals surface area contributed by atoms with E-state index in [1.165, 1.54) is 13.2 Å². The van der Waals surface area contributed by atoms with E-state index < -0.39 is 16.0 Å². The minimum absolute atomic E-state index is 0.116. The average Bonchev–Trinajstić information content (AvgIpc) is 3.09. The Balaban J connectivity index is 1.84. The summed E-state index contributed by atoms with van der Waals surface area (Å²) in [6.45, 7) is 3.01. The molecule has 1 aromatic heterocycles. The number of nitrogens with two attached hydrogens (primary N) is 1. The van der Waals surface area contributed by atoms with Gasteiger partial charge in [-0.2, -0.15) is 0 Å². The highest BCUT2D eigenvalue weighted by atomic mass is 32.2. The lowest BCUT2D eigenvalue weighted by Gasteiger charge is -2.18. The van der Waals surface area contributed by atoms with Crippen molar-refractivity contribution >= 4 is 21.7 Å². The Labute approximate surface area is 140 Å². The van der Waals surface area contributed by atoms with Crippen molar-refractivity contribution in [2.24, 2.45) is 5.14 Å². The molecule has 0 aliphatic carbocycles. The van der Waals surface area contributed by atoms with Gasteiger partial charge >= 0.3 is 5.97 Å². The fourth-order valence-corrected chi connectivity index (χ4v) is 3.46. The lowest BCUT2D eigenvalue weighted by molar-refractivity contribution is 0.0562. The Bertz CT molecular complexity index is 901. The molecule has 0 bridgehead atoms. The number of hydrogen-bond donors (Lipinski definition) is 1. The molecule has 2 aromatic rings. The van der Waals surface area contributed by atoms with Crippen LogP contribution in [-0.4, -0.2) is 28.0 Å². The molecule has 3 rings (SSSR count). The van der Waals surface area contributed by atoms with Crippen molar-refractivity contribution in [3.05, 3.63) is 46.9 Å². The normalized spacial score (nSPS) is 13.9. The third-order valence-electron chi connectivity index (χ3n) is 4.06. The van der Waals surface area contributed by atoms with Gasteiger partial charge in [-0.05, 0) is 43.2 Å². The zero-order chi connectivity index (χ0) is 17.5. The topological polar surface area (TPSA) is 103 Å². The molecule has 8 heteroatoms. The summed E-state index contributed by atoms with van der Waals surface area (Å²) in [5, 5.41) is 5.17. The van der Waals surface area contributed by atoms with E-state index in [2.05, 4.69) is 9.64 Å². The first-order chi connectivity index (χ1) is 11.3. The van der Waals surface area contributed by atoms with Crippen LogP contribution in [-0.2, 0) is 27.7 Å². The van der Waals surface area contributed by atoms with Crippen LogP contribution in [0.25, 0.3) is 0 Å². The Kier molecular flexibility index (Phi) is 4.10. The van der Waals surface area contributed by atoms with Gasteiger partial charge in [-0.1, -0.05) is 0 Å². The summed E-state index contributed by atoms with van der Waals surface area (Å²) >= 11 is 0. The van der Waals surface area contributed by atoms with E-state index in [-0.39, 0.29) is 10.7 Å². The molecule has 0 spiro atoms. The molecule has 0 radical (unpaired) electrons. The number of hydrogen-bond acceptors (Lipinski definition) is 6. The lowest BCUT2D eigenvalue weighted by Crippen LogP contribution is -2.19. The highest BCUT2D eigenvalue weighted by Crippen LogP contribution is 2.31. The fourth-order valence-electron chi connectivity index (χ4n) is 2.90. The molecule has 0 saturated heterocycles. The van der Waals surface area contributed by atoms with E-state index in [0.29, 0.717) is 12.3 Å². The third-order valence-corrected chi connectivity index (χ3v) is 4.97. The van der Waals surface area contributed by atoms with Gasteiger partial charge in [0, 0.05) is 17.8 Å². The maximum atomic E-state index is 11.6. The molecule has 1 aliphatic rings. The number of benzene rings is 1. The highest BCUT2D eigenvalue weighted by molar-refractivity contribution is 7.89. The van der Waals surface area contributed by atoms with E-state index in [9.17, 15) is 13.2 Å².